The molecule has 0 atom stereocenters. The zero-order valence-electron chi connectivity index (χ0n) is 9.21. The fourth-order valence-corrected chi connectivity index (χ4v) is 0.393. The van der Waals surface area contributed by atoms with E-state index >= 15 is 0 Å². The minimum atomic E-state index is 0. The van der Waals surface area contributed by atoms with E-state index in [4.69, 9.17) is 15.8 Å². The summed E-state index contributed by atoms with van der Waals surface area (Å²) in [4.78, 5) is 0. The van der Waals surface area contributed by atoms with E-state index in [1.54, 1.807) is 18.2 Å². The molecule has 0 saturated carbocycles. The summed E-state index contributed by atoms with van der Waals surface area (Å²) in [5.74, 6) is 0. The smallest absolute Gasteiger partial charge is 0.0587 e. The molecule has 0 N–H and O–H groups in total. The molecule has 0 spiro atoms. The second-order valence-corrected chi connectivity index (χ2v) is 1.76. The van der Waals surface area contributed by atoms with Gasteiger partial charge in [-0.25, -0.2) is 0 Å². The van der Waals surface area contributed by atoms with Gasteiger partial charge < -0.3 is 0 Å². The standard InChI is InChI=1S/C5H6.3C2H3N.Ru/c1-2-4-5-3-1;3*1-2-3;/h1-4H,5H2;3*1H3;. The third-order valence-corrected chi connectivity index (χ3v) is 0.655. The van der Waals surface area contributed by atoms with Crippen molar-refractivity contribution in [2.75, 3.05) is 0 Å². The number of hydrogen-bond acceptors (Lipinski definition) is 3. The summed E-state index contributed by atoms with van der Waals surface area (Å²) in [6.45, 7) is 4.29. The maximum absolute atomic E-state index is 7.32. The number of hydrogen-bond donors (Lipinski definition) is 0. The number of allylic oxidation sites excluding steroid dienone is 4. The first-order chi connectivity index (χ1) is 6.74. The molecule has 0 heterocycles. The van der Waals surface area contributed by atoms with Crippen LogP contribution in [-0.4, -0.2) is 0 Å². The first-order valence-corrected chi connectivity index (χ1v) is 3.99. The Morgan fingerprint density at radius 3 is 1.07 bits per heavy atom. The summed E-state index contributed by atoms with van der Waals surface area (Å²) in [7, 11) is 0. The Bertz CT molecular complexity index is 222. The van der Waals surface area contributed by atoms with Gasteiger partial charge in [-0.3, -0.25) is 0 Å². The largest absolute Gasteiger partial charge is 0.199 e. The van der Waals surface area contributed by atoms with Crippen LogP contribution in [0.5, 0.6) is 0 Å². The molecule has 3 nitrogen and oxygen atoms in total. The van der Waals surface area contributed by atoms with E-state index in [9.17, 15) is 0 Å². The molecule has 1 aliphatic carbocycles. The zero-order chi connectivity index (χ0) is 11.7. The summed E-state index contributed by atoms with van der Waals surface area (Å²) in [5, 5.41) is 22.0. The van der Waals surface area contributed by atoms with Crippen LogP contribution in [0.4, 0.5) is 0 Å². The van der Waals surface area contributed by atoms with Crippen LogP contribution in [0.3, 0.4) is 0 Å². The Labute approximate surface area is 105 Å². The molecule has 0 aromatic heterocycles. The van der Waals surface area contributed by atoms with Gasteiger partial charge in [0.1, 0.15) is 0 Å². The van der Waals surface area contributed by atoms with Gasteiger partial charge in [-0.15, -0.1) is 0 Å². The molecule has 0 aliphatic heterocycles. The predicted octanol–water partition coefficient (Wildman–Crippen LogP) is 3.09. The summed E-state index contributed by atoms with van der Waals surface area (Å²) in [5.41, 5.74) is 0. The van der Waals surface area contributed by atoms with Crippen molar-refractivity contribution in [3.05, 3.63) is 24.3 Å². The van der Waals surface area contributed by atoms with E-state index in [1.807, 2.05) is 0 Å². The summed E-state index contributed by atoms with van der Waals surface area (Å²) >= 11 is 0. The number of nitriles is 3. The molecule has 0 fully saturated rings. The third-order valence-electron chi connectivity index (χ3n) is 0.655. The van der Waals surface area contributed by atoms with Crippen LogP contribution in [0.1, 0.15) is 27.2 Å². The van der Waals surface area contributed by atoms with Gasteiger partial charge in [0.2, 0.25) is 0 Å². The van der Waals surface area contributed by atoms with Gasteiger partial charge in [-0.1, -0.05) is 24.3 Å². The molecule has 0 aromatic carbocycles. The minimum absolute atomic E-state index is 0. The molecule has 0 amide bonds. The fraction of sp³-hybridized carbons (Fsp3) is 0.364. The second-order valence-electron chi connectivity index (χ2n) is 1.76. The zero-order valence-corrected chi connectivity index (χ0v) is 10.9. The Morgan fingerprint density at radius 2 is 1.00 bits per heavy atom. The molecule has 82 valence electrons. The van der Waals surface area contributed by atoms with Crippen molar-refractivity contribution in [3.63, 3.8) is 0 Å². The molecule has 1 rings (SSSR count). The fourth-order valence-electron chi connectivity index (χ4n) is 0.393. The number of rotatable bonds is 0. The molecule has 0 bridgehead atoms. The first kappa shape index (κ1) is 23.4. The van der Waals surface area contributed by atoms with Crippen molar-refractivity contribution < 1.29 is 19.5 Å². The topological polar surface area (TPSA) is 71.4 Å². The maximum atomic E-state index is 7.32. The predicted molar refractivity (Wildman–Crippen MR) is 56.8 cm³/mol. The quantitative estimate of drug-likeness (QED) is 0.643. The van der Waals surface area contributed by atoms with Crippen LogP contribution >= 0.6 is 0 Å². The molecule has 0 aromatic rings. The minimum Gasteiger partial charge on any atom is -0.199 e. The van der Waals surface area contributed by atoms with Gasteiger partial charge in [0.05, 0.1) is 18.2 Å². The Kier molecular flexibility index (Phi) is 60.8. The van der Waals surface area contributed by atoms with Crippen molar-refractivity contribution in [2.45, 2.75) is 27.2 Å². The van der Waals surface area contributed by atoms with Crippen molar-refractivity contribution in [3.8, 4) is 18.2 Å². The molecule has 0 unspecified atom stereocenters. The Morgan fingerprint density at radius 1 is 0.800 bits per heavy atom. The molecular weight excluding hydrogens is 275 g/mol. The monoisotopic (exact) mass is 291 g/mol. The Hall–Kier alpha value is -1.43. The van der Waals surface area contributed by atoms with Crippen LogP contribution in [-0.2, 0) is 19.5 Å². The van der Waals surface area contributed by atoms with Crippen molar-refractivity contribution in [2.24, 2.45) is 0 Å². The molecule has 15 heavy (non-hydrogen) atoms. The Balaban J connectivity index is -0.0000000550. The summed E-state index contributed by atoms with van der Waals surface area (Å²) < 4.78 is 0. The SMILES string of the molecule is C1=CCC=C1.CC#N.CC#N.CC#N.[Ru]. The van der Waals surface area contributed by atoms with Crippen molar-refractivity contribution in [1.29, 1.82) is 15.8 Å². The van der Waals surface area contributed by atoms with Gasteiger partial charge in [0.25, 0.3) is 0 Å². The maximum Gasteiger partial charge on any atom is 0.0587 e. The van der Waals surface area contributed by atoms with Gasteiger partial charge >= 0.3 is 0 Å². The van der Waals surface area contributed by atoms with Gasteiger partial charge in [0, 0.05) is 40.2 Å². The van der Waals surface area contributed by atoms with E-state index < -0.39 is 0 Å². The third kappa shape index (κ3) is 110. The van der Waals surface area contributed by atoms with Gasteiger partial charge in [-0.2, -0.15) is 15.8 Å². The van der Waals surface area contributed by atoms with Crippen LogP contribution in [0, 0.1) is 34.0 Å². The van der Waals surface area contributed by atoms with Crippen molar-refractivity contribution >= 4 is 0 Å². The molecule has 0 radical (unpaired) electrons. The van der Waals surface area contributed by atoms with Crippen LogP contribution < -0.4 is 0 Å². The van der Waals surface area contributed by atoms with E-state index in [1.165, 1.54) is 20.8 Å². The molecule has 1 aliphatic rings. The van der Waals surface area contributed by atoms with Crippen LogP contribution in [0.15, 0.2) is 24.3 Å². The van der Waals surface area contributed by atoms with E-state index in [0.29, 0.717) is 0 Å². The van der Waals surface area contributed by atoms with E-state index in [-0.39, 0.29) is 19.5 Å². The second kappa shape index (κ2) is 39.0. The molecule has 4 heteroatoms. The van der Waals surface area contributed by atoms with Crippen LogP contribution in [0.25, 0.3) is 0 Å². The van der Waals surface area contributed by atoms with Gasteiger partial charge in [-0.05, 0) is 6.42 Å². The van der Waals surface area contributed by atoms with Gasteiger partial charge in [0.15, 0.2) is 0 Å². The first-order valence-electron chi connectivity index (χ1n) is 3.99. The summed E-state index contributed by atoms with van der Waals surface area (Å²) in [6, 6.07) is 5.25. The van der Waals surface area contributed by atoms with E-state index in [2.05, 4.69) is 24.3 Å². The number of nitrogens with zero attached hydrogens (tertiary/aromatic N) is 3. The van der Waals surface area contributed by atoms with Crippen LogP contribution in [0.2, 0.25) is 0 Å². The normalized spacial score (nSPS) is 7.47. The average Bonchev–Trinajstić information content (AvgIpc) is 2.63. The van der Waals surface area contributed by atoms with E-state index in [0.717, 1.165) is 6.42 Å². The molecular formula is C11H15N3Ru. The average molecular weight is 290 g/mol. The summed E-state index contributed by atoms with van der Waals surface area (Å²) in [6.07, 6.45) is 9.50. The van der Waals surface area contributed by atoms with Crippen molar-refractivity contribution in [1.82, 2.24) is 0 Å². The molecule has 0 saturated heterocycles.